The molecule has 0 aliphatic carbocycles. The fourth-order valence-electron chi connectivity index (χ4n) is 7.76. The van der Waals surface area contributed by atoms with Gasteiger partial charge in [0, 0.05) is 63.6 Å². The molecule has 3 fully saturated rings. The molecule has 0 unspecified atom stereocenters. The van der Waals surface area contributed by atoms with Crippen LogP contribution in [-0.2, 0) is 17.3 Å². The van der Waals surface area contributed by atoms with Crippen LogP contribution in [-0.4, -0.2) is 76.1 Å². The third kappa shape index (κ3) is 6.83. The standard InChI is InChI=1S/C36H42F3N5O3/c1-24-32(41-23-42-33(24)40-22-29-6-4-8-30(46-29)25-9-11-27(12-10-25)36(37,38)39)34(45)44-17-13-28(14-18-44)43-19-15-35(16-20-43)21-26-5-2-3-7-31(26)47-35/h2-3,5,7,9-12,23,28-30H,4,6,8,13-22H2,1H3,(H,40,41,42)/t29-,30+/m1/s1. The number of rotatable bonds is 6. The van der Waals surface area contributed by atoms with Crippen LogP contribution < -0.4 is 10.1 Å². The lowest BCUT2D eigenvalue weighted by atomic mass is 9.86. The minimum Gasteiger partial charge on any atom is -0.487 e. The van der Waals surface area contributed by atoms with E-state index >= 15 is 0 Å². The van der Waals surface area contributed by atoms with E-state index in [4.69, 9.17) is 9.47 Å². The number of fused-ring (bicyclic) bond motifs is 1. The SMILES string of the molecule is Cc1c(NC[C@H]2CCC[C@@H](c3ccc(C(F)(F)F)cc3)O2)ncnc1C(=O)N1CCC(N2CCC3(CC2)Cc2ccccc2O3)CC1. The van der Waals surface area contributed by atoms with E-state index in [1.807, 2.05) is 17.9 Å². The number of para-hydroxylation sites is 1. The molecule has 250 valence electrons. The van der Waals surface area contributed by atoms with Gasteiger partial charge in [-0.2, -0.15) is 13.2 Å². The predicted molar refractivity (Wildman–Crippen MR) is 171 cm³/mol. The van der Waals surface area contributed by atoms with Crippen LogP contribution >= 0.6 is 0 Å². The van der Waals surface area contributed by atoms with Gasteiger partial charge in [0.1, 0.15) is 29.2 Å². The van der Waals surface area contributed by atoms with Crippen molar-refractivity contribution in [2.45, 2.75) is 88.3 Å². The molecule has 1 amide bonds. The highest BCUT2D eigenvalue weighted by atomic mass is 19.4. The van der Waals surface area contributed by atoms with E-state index in [1.165, 1.54) is 24.0 Å². The van der Waals surface area contributed by atoms with Crippen molar-refractivity contribution < 1.29 is 27.4 Å². The highest BCUT2D eigenvalue weighted by Gasteiger charge is 2.43. The number of benzene rings is 2. The first-order valence-electron chi connectivity index (χ1n) is 16.9. The van der Waals surface area contributed by atoms with Crippen LogP contribution in [0.2, 0.25) is 0 Å². The van der Waals surface area contributed by atoms with Crippen molar-refractivity contribution in [3.63, 3.8) is 0 Å². The lowest BCUT2D eigenvalue weighted by Crippen LogP contribution is -2.53. The van der Waals surface area contributed by atoms with Crippen molar-refractivity contribution in [1.82, 2.24) is 19.8 Å². The zero-order valence-corrected chi connectivity index (χ0v) is 26.8. The van der Waals surface area contributed by atoms with Crippen molar-refractivity contribution in [3.05, 3.63) is 82.8 Å². The monoisotopic (exact) mass is 649 g/mol. The lowest BCUT2D eigenvalue weighted by molar-refractivity contribution is -0.137. The van der Waals surface area contributed by atoms with Gasteiger partial charge in [0.25, 0.3) is 5.91 Å². The summed E-state index contributed by atoms with van der Waals surface area (Å²) in [5, 5.41) is 3.35. The maximum absolute atomic E-state index is 13.6. The van der Waals surface area contributed by atoms with Gasteiger partial charge in [-0.3, -0.25) is 9.69 Å². The molecule has 3 aromatic rings. The molecule has 2 aromatic carbocycles. The largest absolute Gasteiger partial charge is 0.487 e. The molecule has 47 heavy (non-hydrogen) atoms. The van der Waals surface area contributed by atoms with E-state index in [-0.39, 0.29) is 23.7 Å². The molecule has 1 spiro atoms. The van der Waals surface area contributed by atoms with Gasteiger partial charge in [-0.05, 0) is 68.4 Å². The molecular weight excluding hydrogens is 607 g/mol. The molecule has 2 atom stereocenters. The van der Waals surface area contributed by atoms with Gasteiger partial charge >= 0.3 is 6.18 Å². The fourth-order valence-corrected chi connectivity index (χ4v) is 7.76. The number of anilines is 1. The smallest absolute Gasteiger partial charge is 0.416 e. The number of aromatic nitrogens is 2. The molecule has 0 saturated carbocycles. The summed E-state index contributed by atoms with van der Waals surface area (Å²) in [5.41, 5.74) is 2.45. The summed E-state index contributed by atoms with van der Waals surface area (Å²) < 4.78 is 51.7. The van der Waals surface area contributed by atoms with Gasteiger partial charge in [0.05, 0.1) is 17.8 Å². The van der Waals surface area contributed by atoms with Gasteiger partial charge in [-0.15, -0.1) is 0 Å². The number of piperidine rings is 2. The van der Waals surface area contributed by atoms with Crippen LogP contribution in [0, 0.1) is 6.92 Å². The summed E-state index contributed by atoms with van der Waals surface area (Å²) in [6.45, 7) is 5.76. The van der Waals surface area contributed by atoms with Crippen LogP contribution in [0.4, 0.5) is 19.0 Å². The first-order chi connectivity index (χ1) is 22.7. The number of alkyl halides is 3. The predicted octanol–water partition coefficient (Wildman–Crippen LogP) is 6.60. The molecule has 8 nitrogen and oxygen atoms in total. The molecule has 4 aliphatic heterocycles. The third-order valence-electron chi connectivity index (χ3n) is 10.5. The molecule has 0 radical (unpaired) electrons. The maximum Gasteiger partial charge on any atom is 0.416 e. The van der Waals surface area contributed by atoms with Gasteiger partial charge in [-0.25, -0.2) is 9.97 Å². The molecule has 3 saturated heterocycles. The number of ether oxygens (including phenoxy) is 2. The zero-order valence-electron chi connectivity index (χ0n) is 26.8. The zero-order chi connectivity index (χ0) is 32.6. The number of hydrogen-bond donors (Lipinski definition) is 1. The summed E-state index contributed by atoms with van der Waals surface area (Å²) in [4.78, 5) is 26.9. The molecule has 11 heteroatoms. The van der Waals surface area contributed by atoms with Crippen molar-refractivity contribution in [2.75, 3.05) is 38.0 Å². The van der Waals surface area contributed by atoms with E-state index in [2.05, 4.69) is 38.4 Å². The van der Waals surface area contributed by atoms with Gasteiger partial charge in [-0.1, -0.05) is 30.3 Å². The number of nitrogens with zero attached hydrogens (tertiary/aromatic N) is 4. The summed E-state index contributed by atoms with van der Waals surface area (Å²) >= 11 is 0. The molecule has 0 bridgehead atoms. The number of carbonyl (C=O) groups excluding carboxylic acids is 1. The number of amides is 1. The van der Waals surface area contributed by atoms with Crippen LogP contribution in [0.1, 0.15) is 83.8 Å². The van der Waals surface area contributed by atoms with Gasteiger partial charge in [0.2, 0.25) is 0 Å². The molecule has 5 heterocycles. The minimum atomic E-state index is -4.36. The molecule has 1 aromatic heterocycles. The Bertz CT molecular complexity index is 1540. The second-order valence-corrected chi connectivity index (χ2v) is 13.5. The van der Waals surface area contributed by atoms with Gasteiger partial charge < -0.3 is 19.7 Å². The average molecular weight is 650 g/mol. The van der Waals surface area contributed by atoms with Crippen molar-refractivity contribution >= 4 is 11.7 Å². The maximum atomic E-state index is 13.6. The second kappa shape index (κ2) is 13.1. The van der Waals surface area contributed by atoms with Crippen LogP contribution in [0.15, 0.2) is 54.9 Å². The van der Waals surface area contributed by atoms with E-state index in [9.17, 15) is 18.0 Å². The number of likely N-dealkylation sites (tertiary alicyclic amines) is 2. The Kier molecular flexibility index (Phi) is 8.86. The Morgan fingerprint density at radius 2 is 1.72 bits per heavy atom. The van der Waals surface area contributed by atoms with E-state index < -0.39 is 11.7 Å². The molecule has 4 aliphatic rings. The van der Waals surface area contributed by atoms with Gasteiger partial charge in [0.15, 0.2) is 0 Å². The van der Waals surface area contributed by atoms with E-state index in [0.29, 0.717) is 42.8 Å². The quantitative estimate of drug-likeness (QED) is 0.323. The Hall–Kier alpha value is -3.70. The minimum absolute atomic E-state index is 0.0654. The van der Waals surface area contributed by atoms with Crippen molar-refractivity contribution in [2.24, 2.45) is 0 Å². The van der Waals surface area contributed by atoms with Crippen LogP contribution in [0.5, 0.6) is 5.75 Å². The number of carbonyl (C=O) groups is 1. The number of nitrogens with one attached hydrogen (secondary N) is 1. The molecule has 1 N–H and O–H groups in total. The number of hydrogen-bond acceptors (Lipinski definition) is 7. The van der Waals surface area contributed by atoms with E-state index in [1.54, 1.807) is 0 Å². The topological polar surface area (TPSA) is 79.8 Å². The Morgan fingerprint density at radius 1 is 0.979 bits per heavy atom. The summed E-state index contributed by atoms with van der Waals surface area (Å²) in [6.07, 6.45) is 4.08. The van der Waals surface area contributed by atoms with Crippen LogP contribution in [0.3, 0.4) is 0 Å². The highest BCUT2D eigenvalue weighted by molar-refractivity contribution is 5.94. The molecular formula is C36H42F3N5O3. The van der Waals surface area contributed by atoms with Crippen molar-refractivity contribution in [1.29, 1.82) is 0 Å². The molecule has 7 rings (SSSR count). The normalized spacial score (nSPS) is 23.4. The fraction of sp³-hybridized carbons (Fsp3) is 0.528. The Morgan fingerprint density at radius 3 is 2.45 bits per heavy atom. The highest BCUT2D eigenvalue weighted by Crippen LogP contribution is 2.41. The van der Waals surface area contributed by atoms with Crippen molar-refractivity contribution in [3.8, 4) is 5.75 Å². The third-order valence-corrected chi connectivity index (χ3v) is 10.5. The average Bonchev–Trinajstić information content (AvgIpc) is 3.45. The second-order valence-electron chi connectivity index (χ2n) is 13.5. The van der Waals surface area contributed by atoms with Crippen LogP contribution in [0.25, 0.3) is 0 Å². The Labute approximate surface area is 273 Å². The summed E-state index contributed by atoms with van der Waals surface area (Å²) in [7, 11) is 0. The first-order valence-corrected chi connectivity index (χ1v) is 16.9. The lowest BCUT2D eigenvalue weighted by Gasteiger charge is -2.44. The van der Waals surface area contributed by atoms with E-state index in [0.717, 1.165) is 87.9 Å². The number of halogens is 3. The summed E-state index contributed by atoms with van der Waals surface area (Å²) in [6, 6.07) is 14.1. The Balaban J connectivity index is 0.896. The summed E-state index contributed by atoms with van der Waals surface area (Å²) in [5.74, 6) is 1.56. The first kappa shape index (κ1) is 31.9.